The zero-order valence-corrected chi connectivity index (χ0v) is 12.3. The molecular weight excluding hydrogens is 270 g/mol. The molecule has 19 heavy (non-hydrogen) atoms. The molecule has 1 rings (SSSR count). The second-order valence-corrected chi connectivity index (χ2v) is 8.30. The summed E-state index contributed by atoms with van der Waals surface area (Å²) in [5.41, 5.74) is -0.681. The lowest BCUT2D eigenvalue weighted by Gasteiger charge is -2.30. The second kappa shape index (κ2) is 5.48. The van der Waals surface area contributed by atoms with Crippen LogP contribution in [0.15, 0.2) is 0 Å². The highest BCUT2D eigenvalue weighted by molar-refractivity contribution is 7.92. The van der Waals surface area contributed by atoms with Crippen molar-refractivity contribution < 1.29 is 23.1 Å². The Bertz CT molecular complexity index is 463. The lowest BCUT2D eigenvalue weighted by Crippen LogP contribution is -2.54. The van der Waals surface area contributed by atoms with Crippen LogP contribution in [0.25, 0.3) is 0 Å². The molecule has 0 aromatic carbocycles. The van der Waals surface area contributed by atoms with Gasteiger partial charge in [0.25, 0.3) is 0 Å². The molecule has 110 valence electrons. The van der Waals surface area contributed by atoms with Gasteiger partial charge in [0.15, 0.2) is 9.84 Å². The van der Waals surface area contributed by atoms with Gasteiger partial charge in [0.05, 0.1) is 5.75 Å². The summed E-state index contributed by atoms with van der Waals surface area (Å²) < 4.78 is 23.6. The van der Waals surface area contributed by atoms with Crippen molar-refractivity contribution in [2.75, 3.05) is 5.75 Å². The quantitative estimate of drug-likeness (QED) is 0.791. The van der Waals surface area contributed by atoms with Gasteiger partial charge in [-0.05, 0) is 18.3 Å². The molecule has 0 aliphatic carbocycles. The number of sulfone groups is 1. The highest BCUT2D eigenvalue weighted by atomic mass is 32.2. The minimum atomic E-state index is -3.44. The van der Waals surface area contributed by atoms with Crippen LogP contribution in [0.1, 0.15) is 40.0 Å². The number of carboxylic acids is 1. The minimum Gasteiger partial charge on any atom is -0.480 e. The smallest absolute Gasteiger partial charge is 0.326 e. The average molecular weight is 291 g/mol. The van der Waals surface area contributed by atoms with Gasteiger partial charge < -0.3 is 10.4 Å². The first-order valence-corrected chi connectivity index (χ1v) is 8.02. The molecule has 1 heterocycles. The Kier molecular flexibility index (Phi) is 4.60. The minimum absolute atomic E-state index is 0.00164. The van der Waals surface area contributed by atoms with Crippen LogP contribution >= 0.6 is 0 Å². The summed E-state index contributed by atoms with van der Waals surface area (Å²) >= 11 is 0. The van der Waals surface area contributed by atoms with E-state index in [9.17, 15) is 18.0 Å². The summed E-state index contributed by atoms with van der Waals surface area (Å²) in [6, 6.07) is -1.10. The van der Waals surface area contributed by atoms with Gasteiger partial charge in [-0.1, -0.05) is 27.2 Å². The third kappa shape index (κ3) is 3.92. The van der Waals surface area contributed by atoms with Crippen molar-refractivity contribution >= 4 is 21.7 Å². The predicted octanol–water partition coefficient (Wildman–Crippen LogP) is 0.569. The van der Waals surface area contributed by atoms with Gasteiger partial charge in [-0.2, -0.15) is 0 Å². The zero-order valence-electron chi connectivity index (χ0n) is 11.5. The van der Waals surface area contributed by atoms with Crippen LogP contribution < -0.4 is 5.32 Å². The van der Waals surface area contributed by atoms with E-state index in [1.54, 1.807) is 20.8 Å². The molecule has 7 heteroatoms. The largest absolute Gasteiger partial charge is 0.480 e. The highest BCUT2D eigenvalue weighted by Crippen LogP contribution is 2.23. The van der Waals surface area contributed by atoms with E-state index < -0.39 is 38.4 Å². The molecule has 0 aromatic rings. The Labute approximate surface area is 113 Å². The molecule has 1 unspecified atom stereocenters. The van der Waals surface area contributed by atoms with Gasteiger partial charge in [-0.3, -0.25) is 4.79 Å². The van der Waals surface area contributed by atoms with Crippen LogP contribution in [0, 0.1) is 5.41 Å². The van der Waals surface area contributed by atoms with E-state index in [1.807, 2.05) is 0 Å². The van der Waals surface area contributed by atoms with Crippen LogP contribution in [0.5, 0.6) is 0 Å². The maximum Gasteiger partial charge on any atom is 0.326 e. The molecule has 2 atom stereocenters. The lowest BCUT2D eigenvalue weighted by molar-refractivity contribution is -0.144. The van der Waals surface area contributed by atoms with Crippen LogP contribution in [-0.4, -0.2) is 42.4 Å². The van der Waals surface area contributed by atoms with Crippen LogP contribution in [-0.2, 0) is 19.4 Å². The van der Waals surface area contributed by atoms with Gasteiger partial charge in [-0.25, -0.2) is 13.2 Å². The number of aliphatic carboxylic acids is 1. The number of carbonyl (C=O) groups excluding carboxylic acids is 1. The third-order valence-electron chi connectivity index (χ3n) is 3.27. The SMILES string of the molecule is CC(C)(C)[C@@H](NC(=O)C1CCCCS1(=O)=O)C(=O)O. The van der Waals surface area contributed by atoms with Crippen LogP contribution in [0.2, 0.25) is 0 Å². The Hall–Kier alpha value is -1.11. The van der Waals surface area contributed by atoms with Crippen molar-refractivity contribution in [1.29, 1.82) is 0 Å². The van der Waals surface area contributed by atoms with E-state index in [1.165, 1.54) is 0 Å². The van der Waals surface area contributed by atoms with Gasteiger partial charge >= 0.3 is 5.97 Å². The number of carboxylic acid groups (broad SMARTS) is 1. The molecule has 1 aliphatic rings. The number of carbonyl (C=O) groups is 2. The standard InChI is InChI=1S/C12H21NO5S/c1-12(2,3)9(11(15)16)13-10(14)8-6-4-5-7-19(8,17)18/h8-9H,4-7H2,1-3H3,(H,13,14)(H,15,16)/t8?,9-/m0/s1. The van der Waals surface area contributed by atoms with E-state index in [0.29, 0.717) is 12.8 Å². The highest BCUT2D eigenvalue weighted by Gasteiger charge is 2.39. The second-order valence-electron chi connectivity index (χ2n) is 6.00. The summed E-state index contributed by atoms with van der Waals surface area (Å²) in [7, 11) is -3.44. The summed E-state index contributed by atoms with van der Waals surface area (Å²) in [6.45, 7) is 5.05. The molecule has 1 aliphatic heterocycles. The number of amides is 1. The first-order valence-electron chi connectivity index (χ1n) is 6.30. The number of hydrogen-bond acceptors (Lipinski definition) is 4. The first-order chi connectivity index (χ1) is 8.55. The van der Waals surface area contributed by atoms with Crippen molar-refractivity contribution in [1.82, 2.24) is 5.32 Å². The van der Waals surface area contributed by atoms with Gasteiger partial charge in [0, 0.05) is 0 Å². The molecule has 1 fully saturated rings. The third-order valence-corrected chi connectivity index (χ3v) is 5.45. The van der Waals surface area contributed by atoms with E-state index in [2.05, 4.69) is 5.32 Å². The normalized spacial score (nSPS) is 24.5. The summed E-state index contributed by atoms with van der Waals surface area (Å²) in [6.07, 6.45) is 1.50. The topological polar surface area (TPSA) is 101 Å². The van der Waals surface area contributed by atoms with Gasteiger partial charge in [0.2, 0.25) is 5.91 Å². The fourth-order valence-electron chi connectivity index (χ4n) is 2.13. The molecule has 0 saturated carbocycles. The van der Waals surface area contributed by atoms with Crippen molar-refractivity contribution in [2.45, 2.75) is 51.3 Å². The molecule has 0 spiro atoms. The van der Waals surface area contributed by atoms with Gasteiger partial charge in [0.1, 0.15) is 11.3 Å². The summed E-state index contributed by atoms with van der Waals surface area (Å²) in [5.74, 6) is -1.85. The fourth-order valence-corrected chi connectivity index (χ4v) is 3.94. The first kappa shape index (κ1) is 15.9. The maximum absolute atomic E-state index is 12.0. The van der Waals surface area contributed by atoms with Gasteiger partial charge in [-0.15, -0.1) is 0 Å². The molecule has 1 saturated heterocycles. The van der Waals surface area contributed by atoms with E-state index in [0.717, 1.165) is 0 Å². The number of rotatable bonds is 3. The van der Waals surface area contributed by atoms with Crippen molar-refractivity contribution in [3.05, 3.63) is 0 Å². The monoisotopic (exact) mass is 291 g/mol. The fraction of sp³-hybridized carbons (Fsp3) is 0.833. The predicted molar refractivity (Wildman–Crippen MR) is 70.4 cm³/mol. The molecule has 0 radical (unpaired) electrons. The summed E-state index contributed by atoms with van der Waals surface area (Å²) in [4.78, 5) is 23.2. The zero-order chi connectivity index (χ0) is 14.8. The maximum atomic E-state index is 12.0. The van der Waals surface area contributed by atoms with E-state index in [-0.39, 0.29) is 12.2 Å². The van der Waals surface area contributed by atoms with Crippen molar-refractivity contribution in [2.24, 2.45) is 5.41 Å². The van der Waals surface area contributed by atoms with E-state index >= 15 is 0 Å². The Morgan fingerprint density at radius 2 is 1.84 bits per heavy atom. The Balaban J connectivity index is 2.86. The van der Waals surface area contributed by atoms with Crippen molar-refractivity contribution in [3.63, 3.8) is 0 Å². The molecule has 0 bridgehead atoms. The summed E-state index contributed by atoms with van der Waals surface area (Å²) in [5, 5.41) is 10.4. The molecule has 0 aromatic heterocycles. The molecule has 2 N–H and O–H groups in total. The van der Waals surface area contributed by atoms with E-state index in [4.69, 9.17) is 5.11 Å². The average Bonchev–Trinajstić information content (AvgIpc) is 2.22. The van der Waals surface area contributed by atoms with Crippen LogP contribution in [0.3, 0.4) is 0 Å². The molecular formula is C12H21NO5S. The Morgan fingerprint density at radius 1 is 1.26 bits per heavy atom. The molecule has 6 nitrogen and oxygen atoms in total. The lowest BCUT2D eigenvalue weighted by atomic mass is 9.86. The number of nitrogens with one attached hydrogen (secondary N) is 1. The number of hydrogen-bond donors (Lipinski definition) is 2. The van der Waals surface area contributed by atoms with Crippen molar-refractivity contribution in [3.8, 4) is 0 Å². The Morgan fingerprint density at radius 3 is 2.26 bits per heavy atom. The van der Waals surface area contributed by atoms with Crippen LogP contribution in [0.4, 0.5) is 0 Å². The molecule has 1 amide bonds.